The first kappa shape index (κ1) is 18.3. The summed E-state index contributed by atoms with van der Waals surface area (Å²) in [5.74, 6) is -1.16. The first-order valence-corrected chi connectivity index (χ1v) is 5.52. The maximum absolute atomic E-state index is 9.37. The Labute approximate surface area is 107 Å². The minimum absolute atomic E-state index is 0.222. The lowest BCUT2D eigenvalue weighted by Crippen LogP contribution is -1.86. The fourth-order valence-electron chi connectivity index (χ4n) is 0.545. The van der Waals surface area contributed by atoms with Gasteiger partial charge in [0.1, 0.15) is 5.75 Å². The van der Waals surface area contributed by atoms with E-state index in [-0.39, 0.29) is 12.8 Å². The van der Waals surface area contributed by atoms with Crippen molar-refractivity contribution in [2.45, 2.75) is 33.6 Å². The zero-order chi connectivity index (χ0) is 14.6. The Morgan fingerprint density at radius 3 is 1.39 bits per heavy atom. The fraction of sp³-hybridized carbons (Fsp3) is 0.385. The van der Waals surface area contributed by atoms with Gasteiger partial charge in [-0.05, 0) is 19.1 Å². The maximum Gasteiger partial charge on any atom is 0.303 e. The Balaban J connectivity index is 0. The van der Waals surface area contributed by atoms with E-state index < -0.39 is 11.9 Å². The Hall–Kier alpha value is -2.04. The molecule has 0 fully saturated rings. The van der Waals surface area contributed by atoms with Crippen molar-refractivity contribution in [3.63, 3.8) is 0 Å². The third-order valence-corrected chi connectivity index (χ3v) is 1.64. The van der Waals surface area contributed by atoms with Crippen molar-refractivity contribution in [3.05, 3.63) is 29.8 Å². The van der Waals surface area contributed by atoms with Crippen molar-refractivity contribution in [3.8, 4) is 5.75 Å². The predicted octanol–water partition coefficient (Wildman–Crippen LogP) is 2.66. The number of phenols is 1. The molecule has 0 saturated heterocycles. The van der Waals surface area contributed by atoms with Gasteiger partial charge in [0, 0.05) is 12.8 Å². The third kappa shape index (κ3) is 16.4. The van der Waals surface area contributed by atoms with E-state index in [4.69, 9.17) is 15.3 Å². The molecule has 0 aliphatic rings. The van der Waals surface area contributed by atoms with Crippen molar-refractivity contribution in [1.29, 1.82) is 0 Å². The number of phenolic OH excluding ortho intramolecular Hbond substituents is 1. The van der Waals surface area contributed by atoms with Crippen LogP contribution in [0.5, 0.6) is 5.75 Å². The molecule has 3 N–H and O–H groups in total. The molecule has 0 saturated carbocycles. The molecular formula is C13H20O5. The summed E-state index contributed by atoms with van der Waals surface area (Å²) >= 11 is 0. The van der Waals surface area contributed by atoms with E-state index in [1.54, 1.807) is 26.0 Å². The summed E-state index contributed by atoms with van der Waals surface area (Å²) in [6, 6.07) is 7.09. The molecule has 1 aromatic rings. The van der Waals surface area contributed by atoms with Crippen LogP contribution in [0.3, 0.4) is 0 Å². The van der Waals surface area contributed by atoms with E-state index in [0.717, 1.165) is 0 Å². The molecule has 0 heterocycles. The summed E-state index contributed by atoms with van der Waals surface area (Å²) in [5.41, 5.74) is 1.17. The molecule has 0 aliphatic heterocycles. The van der Waals surface area contributed by atoms with Gasteiger partial charge in [-0.25, -0.2) is 0 Å². The number of aryl methyl sites for hydroxylation is 1. The van der Waals surface area contributed by atoms with Crippen LogP contribution in [0.25, 0.3) is 0 Å². The monoisotopic (exact) mass is 256 g/mol. The molecule has 5 heteroatoms. The fourth-order valence-corrected chi connectivity index (χ4v) is 0.545. The lowest BCUT2D eigenvalue weighted by molar-refractivity contribution is -0.137. The lowest BCUT2D eigenvalue weighted by Gasteiger charge is -1.89. The van der Waals surface area contributed by atoms with E-state index in [0.29, 0.717) is 5.75 Å². The van der Waals surface area contributed by atoms with Gasteiger partial charge in [-0.3, -0.25) is 9.59 Å². The van der Waals surface area contributed by atoms with Crippen molar-refractivity contribution in [2.24, 2.45) is 0 Å². The Morgan fingerprint density at radius 1 is 0.944 bits per heavy atom. The molecule has 0 aromatic heterocycles. The molecule has 102 valence electrons. The molecule has 0 spiro atoms. The predicted molar refractivity (Wildman–Crippen MR) is 68.7 cm³/mol. The minimum atomic E-state index is -0.745. The zero-order valence-electron chi connectivity index (χ0n) is 10.9. The summed E-state index contributed by atoms with van der Waals surface area (Å²) in [4.78, 5) is 18.7. The summed E-state index contributed by atoms with van der Waals surface area (Å²) in [6.07, 6.45) is 0.444. The highest BCUT2D eigenvalue weighted by Gasteiger charge is 1.82. The smallest absolute Gasteiger partial charge is 0.303 e. The quantitative estimate of drug-likeness (QED) is 0.756. The molecular weight excluding hydrogens is 236 g/mol. The first-order valence-electron chi connectivity index (χ1n) is 5.52. The zero-order valence-corrected chi connectivity index (χ0v) is 10.9. The molecule has 0 radical (unpaired) electrons. The molecule has 0 amide bonds. The molecule has 5 nitrogen and oxygen atoms in total. The average molecular weight is 256 g/mol. The van der Waals surface area contributed by atoms with Crippen LogP contribution in [0.1, 0.15) is 32.3 Å². The van der Waals surface area contributed by atoms with E-state index in [1.807, 2.05) is 19.1 Å². The highest BCUT2D eigenvalue weighted by molar-refractivity contribution is 5.66. The number of aromatic hydroxyl groups is 1. The number of aliphatic carboxylic acids is 2. The van der Waals surface area contributed by atoms with E-state index in [9.17, 15) is 9.59 Å². The second-order valence-corrected chi connectivity index (χ2v) is 3.33. The van der Waals surface area contributed by atoms with Gasteiger partial charge in [-0.1, -0.05) is 31.5 Å². The molecule has 1 aromatic carbocycles. The second kappa shape index (κ2) is 11.4. The van der Waals surface area contributed by atoms with Crippen molar-refractivity contribution < 1.29 is 24.9 Å². The number of carboxylic acids is 2. The van der Waals surface area contributed by atoms with Crippen LogP contribution >= 0.6 is 0 Å². The van der Waals surface area contributed by atoms with Gasteiger partial charge < -0.3 is 15.3 Å². The van der Waals surface area contributed by atoms with Crippen LogP contribution in [0.15, 0.2) is 24.3 Å². The van der Waals surface area contributed by atoms with Crippen LogP contribution < -0.4 is 0 Å². The van der Waals surface area contributed by atoms with Gasteiger partial charge in [-0.2, -0.15) is 0 Å². The summed E-state index contributed by atoms with van der Waals surface area (Å²) < 4.78 is 0. The molecule has 0 atom stereocenters. The van der Waals surface area contributed by atoms with Crippen molar-refractivity contribution in [2.75, 3.05) is 0 Å². The van der Waals surface area contributed by atoms with Crippen LogP contribution in [0.2, 0.25) is 0 Å². The van der Waals surface area contributed by atoms with Crippen molar-refractivity contribution >= 4 is 11.9 Å². The van der Waals surface area contributed by atoms with Crippen LogP contribution in [-0.4, -0.2) is 27.3 Å². The Bertz CT molecular complexity index is 308. The first-order chi connectivity index (χ1) is 8.33. The summed E-state index contributed by atoms with van der Waals surface area (Å²) in [7, 11) is 0. The second-order valence-electron chi connectivity index (χ2n) is 3.33. The minimum Gasteiger partial charge on any atom is -0.508 e. The van der Waals surface area contributed by atoms with Gasteiger partial charge in [0.2, 0.25) is 0 Å². The van der Waals surface area contributed by atoms with Gasteiger partial charge in [0.15, 0.2) is 0 Å². The summed E-state index contributed by atoms with van der Waals surface area (Å²) in [5, 5.41) is 24.2. The van der Waals surface area contributed by atoms with Gasteiger partial charge in [0.25, 0.3) is 0 Å². The number of hydrogen-bond acceptors (Lipinski definition) is 3. The Kier molecular flexibility index (Phi) is 11.7. The number of hydrogen-bond donors (Lipinski definition) is 3. The number of carbonyl (C=O) groups is 2. The van der Waals surface area contributed by atoms with Crippen LogP contribution in [-0.2, 0) is 9.59 Å². The Morgan fingerprint density at radius 2 is 1.22 bits per heavy atom. The van der Waals surface area contributed by atoms with Crippen LogP contribution in [0.4, 0.5) is 0 Å². The molecule has 0 unspecified atom stereocenters. The number of carboxylic acid groups (broad SMARTS) is 2. The number of rotatable bonds is 2. The lowest BCUT2D eigenvalue weighted by atomic mass is 10.2. The van der Waals surface area contributed by atoms with Gasteiger partial charge in [0.05, 0.1) is 0 Å². The molecule has 18 heavy (non-hydrogen) atoms. The largest absolute Gasteiger partial charge is 0.508 e. The van der Waals surface area contributed by atoms with E-state index in [1.165, 1.54) is 5.56 Å². The maximum atomic E-state index is 9.37. The number of benzene rings is 1. The summed E-state index contributed by atoms with van der Waals surface area (Å²) in [6.45, 7) is 5.18. The van der Waals surface area contributed by atoms with E-state index >= 15 is 0 Å². The highest BCUT2D eigenvalue weighted by atomic mass is 16.4. The normalized spacial score (nSPS) is 8.17. The third-order valence-electron chi connectivity index (χ3n) is 1.64. The van der Waals surface area contributed by atoms with E-state index in [2.05, 4.69) is 0 Å². The molecule has 0 aliphatic carbocycles. The SMILES string of the molecule is CCC(=O)O.CCC(=O)O.Cc1ccc(O)cc1. The van der Waals surface area contributed by atoms with Gasteiger partial charge >= 0.3 is 11.9 Å². The topological polar surface area (TPSA) is 94.8 Å². The molecule has 1 rings (SSSR count). The molecule has 0 bridgehead atoms. The highest BCUT2D eigenvalue weighted by Crippen LogP contribution is 2.07. The average Bonchev–Trinajstić information content (AvgIpc) is 2.34. The van der Waals surface area contributed by atoms with Crippen molar-refractivity contribution in [1.82, 2.24) is 0 Å². The van der Waals surface area contributed by atoms with Crippen LogP contribution in [0, 0.1) is 6.92 Å². The van der Waals surface area contributed by atoms with Gasteiger partial charge in [-0.15, -0.1) is 0 Å². The standard InChI is InChI=1S/C7H8O.2C3H6O2/c1-6-2-4-7(8)5-3-6;2*1-2-3(4)5/h2-5,8H,1H3;2*2H2,1H3,(H,4,5).